The zero-order valence-electron chi connectivity index (χ0n) is 14.0. The number of nitrogens with zero attached hydrogens (tertiary/aromatic N) is 2. The average Bonchev–Trinajstić information content (AvgIpc) is 2.64. The van der Waals surface area contributed by atoms with Crippen LogP contribution in [0.25, 0.3) is 0 Å². The molecule has 0 unspecified atom stereocenters. The third kappa shape index (κ3) is 6.97. The fourth-order valence-electron chi connectivity index (χ4n) is 2.15. The first kappa shape index (κ1) is 19.0. The molecule has 25 heavy (non-hydrogen) atoms. The fraction of sp³-hybridized carbons (Fsp3) is 0.316. The van der Waals surface area contributed by atoms with E-state index >= 15 is 0 Å². The number of hydrogen-bond acceptors (Lipinski definition) is 5. The van der Waals surface area contributed by atoms with E-state index < -0.39 is 5.97 Å². The highest BCUT2D eigenvalue weighted by atomic mass is 32.1. The molecule has 0 fully saturated rings. The van der Waals surface area contributed by atoms with Crippen LogP contribution < -0.4 is 4.74 Å². The first-order chi connectivity index (χ1) is 12.2. The number of carbonyl (C=O) groups is 1. The van der Waals surface area contributed by atoms with Gasteiger partial charge in [-0.3, -0.25) is 0 Å². The summed E-state index contributed by atoms with van der Waals surface area (Å²) < 4.78 is 5.69. The number of benzene rings is 2. The molecule has 0 saturated heterocycles. The van der Waals surface area contributed by atoms with E-state index in [9.17, 15) is 4.79 Å². The molecule has 0 amide bonds. The number of ether oxygens (including phenoxy) is 1. The Hall–Kier alpha value is -2.34. The van der Waals surface area contributed by atoms with E-state index in [1.165, 1.54) is 18.6 Å². The molecule has 0 aliphatic rings. The van der Waals surface area contributed by atoms with E-state index in [1.54, 1.807) is 12.1 Å². The highest BCUT2D eigenvalue weighted by molar-refractivity contribution is 7.80. The molecule has 6 heteroatoms. The van der Waals surface area contributed by atoms with Gasteiger partial charge in [-0.2, -0.15) is 22.9 Å². The Balaban J connectivity index is 1.80. The summed E-state index contributed by atoms with van der Waals surface area (Å²) >= 11 is 4.19. The second-order valence-corrected chi connectivity index (χ2v) is 5.98. The van der Waals surface area contributed by atoms with Crippen molar-refractivity contribution < 1.29 is 14.6 Å². The van der Waals surface area contributed by atoms with Crippen molar-refractivity contribution in [2.24, 2.45) is 10.2 Å². The van der Waals surface area contributed by atoms with Crippen molar-refractivity contribution >= 4 is 30.0 Å². The van der Waals surface area contributed by atoms with Crippen LogP contribution in [-0.4, -0.2) is 23.4 Å². The minimum Gasteiger partial charge on any atom is -0.494 e. The molecule has 5 nitrogen and oxygen atoms in total. The molecule has 0 aromatic heterocycles. The highest BCUT2D eigenvalue weighted by Crippen LogP contribution is 2.21. The van der Waals surface area contributed by atoms with Crippen LogP contribution in [0.2, 0.25) is 0 Å². The van der Waals surface area contributed by atoms with E-state index in [1.807, 2.05) is 24.3 Å². The van der Waals surface area contributed by atoms with Gasteiger partial charge in [-0.15, -0.1) is 0 Å². The third-order valence-electron chi connectivity index (χ3n) is 3.55. The molecule has 0 atom stereocenters. The maximum atomic E-state index is 10.8. The van der Waals surface area contributed by atoms with E-state index in [4.69, 9.17) is 9.84 Å². The molecule has 0 spiro atoms. The van der Waals surface area contributed by atoms with Gasteiger partial charge in [0.25, 0.3) is 0 Å². The summed E-state index contributed by atoms with van der Waals surface area (Å²) in [5.41, 5.74) is 1.54. The minimum absolute atomic E-state index is 0.228. The van der Waals surface area contributed by atoms with E-state index in [0.29, 0.717) is 18.0 Å². The monoisotopic (exact) mass is 358 g/mol. The van der Waals surface area contributed by atoms with Crippen molar-refractivity contribution in [3.63, 3.8) is 0 Å². The van der Waals surface area contributed by atoms with Crippen molar-refractivity contribution in [1.82, 2.24) is 0 Å². The Morgan fingerprint density at radius 2 is 1.44 bits per heavy atom. The van der Waals surface area contributed by atoms with Gasteiger partial charge in [0.15, 0.2) is 0 Å². The average molecular weight is 358 g/mol. The van der Waals surface area contributed by atoms with Crippen LogP contribution in [0.1, 0.15) is 36.0 Å². The Bertz CT molecular complexity index is 685. The summed E-state index contributed by atoms with van der Waals surface area (Å²) in [5.74, 6) is 0.806. The molecule has 2 aromatic rings. The predicted octanol–water partition coefficient (Wildman–Crippen LogP) is 5.67. The predicted molar refractivity (Wildman–Crippen MR) is 102 cm³/mol. The standard InChI is InChI=1S/C19H22N2O3S/c22-19(23)15-5-7-16(8-6-15)20-21-17-9-11-18(12-10-17)24-13-3-1-2-4-14-25/h5-12,25H,1-4,13-14H2,(H,22,23). The van der Waals surface area contributed by atoms with E-state index in [2.05, 4.69) is 22.9 Å². The Kier molecular flexibility index (Phi) is 7.98. The zero-order valence-corrected chi connectivity index (χ0v) is 14.9. The minimum atomic E-state index is -0.958. The first-order valence-corrected chi connectivity index (χ1v) is 8.91. The first-order valence-electron chi connectivity index (χ1n) is 8.28. The molecule has 0 radical (unpaired) electrons. The maximum Gasteiger partial charge on any atom is 0.335 e. The van der Waals surface area contributed by atoms with Crippen molar-refractivity contribution in [1.29, 1.82) is 0 Å². The van der Waals surface area contributed by atoms with Gasteiger partial charge < -0.3 is 9.84 Å². The van der Waals surface area contributed by atoms with Crippen molar-refractivity contribution in [3.8, 4) is 5.75 Å². The van der Waals surface area contributed by atoms with Crippen molar-refractivity contribution in [2.75, 3.05) is 12.4 Å². The Labute approximate surface area is 153 Å². The van der Waals surface area contributed by atoms with Crippen molar-refractivity contribution in [2.45, 2.75) is 25.7 Å². The Morgan fingerprint density at radius 3 is 2.00 bits per heavy atom. The van der Waals surface area contributed by atoms with Crippen LogP contribution in [0.5, 0.6) is 5.75 Å². The van der Waals surface area contributed by atoms with Crippen LogP contribution in [0, 0.1) is 0 Å². The summed E-state index contributed by atoms with van der Waals surface area (Å²) in [5, 5.41) is 17.1. The number of carboxylic acid groups (broad SMARTS) is 1. The summed E-state index contributed by atoms with van der Waals surface area (Å²) in [7, 11) is 0. The molecule has 132 valence electrons. The highest BCUT2D eigenvalue weighted by Gasteiger charge is 2.01. The number of carboxylic acids is 1. The molecule has 0 bridgehead atoms. The molecule has 0 aliphatic carbocycles. The summed E-state index contributed by atoms with van der Waals surface area (Å²) in [4.78, 5) is 10.8. The van der Waals surface area contributed by atoms with Crippen LogP contribution in [0.15, 0.2) is 58.8 Å². The maximum absolute atomic E-state index is 10.8. The van der Waals surface area contributed by atoms with Crippen LogP contribution in [0.3, 0.4) is 0 Å². The van der Waals surface area contributed by atoms with E-state index in [0.717, 1.165) is 30.8 Å². The number of rotatable bonds is 10. The lowest BCUT2D eigenvalue weighted by Crippen LogP contribution is -1.96. The molecule has 2 aromatic carbocycles. The lowest BCUT2D eigenvalue weighted by atomic mass is 10.2. The van der Waals surface area contributed by atoms with Gasteiger partial charge in [0.2, 0.25) is 0 Å². The fourth-order valence-corrected chi connectivity index (χ4v) is 2.38. The lowest BCUT2D eigenvalue weighted by Gasteiger charge is -2.05. The number of azo groups is 1. The molecule has 0 heterocycles. The van der Waals surface area contributed by atoms with Crippen LogP contribution in [-0.2, 0) is 0 Å². The number of hydrogen-bond donors (Lipinski definition) is 2. The Morgan fingerprint density at radius 1 is 0.880 bits per heavy atom. The van der Waals surface area contributed by atoms with Crippen molar-refractivity contribution in [3.05, 3.63) is 54.1 Å². The molecular formula is C19H22N2O3S. The largest absolute Gasteiger partial charge is 0.494 e. The van der Waals surface area contributed by atoms with Crippen LogP contribution in [0.4, 0.5) is 11.4 Å². The topological polar surface area (TPSA) is 71.2 Å². The number of thiol groups is 1. The summed E-state index contributed by atoms with van der Waals surface area (Å²) in [6.07, 6.45) is 4.55. The van der Waals surface area contributed by atoms with Gasteiger partial charge >= 0.3 is 5.97 Å². The molecule has 1 N–H and O–H groups in total. The molecular weight excluding hydrogens is 336 g/mol. The van der Waals surface area contributed by atoms with Gasteiger partial charge in [0.1, 0.15) is 5.75 Å². The second-order valence-electron chi connectivity index (χ2n) is 5.53. The van der Waals surface area contributed by atoms with Gasteiger partial charge in [-0.25, -0.2) is 4.79 Å². The number of unbranched alkanes of at least 4 members (excludes halogenated alkanes) is 3. The molecule has 0 saturated carbocycles. The quantitative estimate of drug-likeness (QED) is 0.326. The van der Waals surface area contributed by atoms with Crippen LogP contribution >= 0.6 is 12.6 Å². The van der Waals surface area contributed by atoms with Gasteiger partial charge in [0.05, 0.1) is 23.5 Å². The normalized spacial score (nSPS) is 10.9. The SMILES string of the molecule is O=C(O)c1ccc(N=Nc2ccc(OCCCCCCS)cc2)cc1. The molecule has 2 rings (SSSR count). The molecule has 0 aliphatic heterocycles. The lowest BCUT2D eigenvalue weighted by molar-refractivity contribution is 0.0697. The van der Waals surface area contributed by atoms with Gasteiger partial charge in [0, 0.05) is 0 Å². The van der Waals surface area contributed by atoms with Gasteiger partial charge in [-0.1, -0.05) is 12.8 Å². The van der Waals surface area contributed by atoms with Gasteiger partial charge in [-0.05, 0) is 67.1 Å². The number of aromatic carboxylic acids is 1. The third-order valence-corrected chi connectivity index (χ3v) is 3.87. The smallest absolute Gasteiger partial charge is 0.335 e. The van der Waals surface area contributed by atoms with E-state index in [-0.39, 0.29) is 5.56 Å². The second kappa shape index (κ2) is 10.5. The zero-order chi connectivity index (χ0) is 17.9. The summed E-state index contributed by atoms with van der Waals surface area (Å²) in [6, 6.07) is 13.7. The summed E-state index contributed by atoms with van der Waals surface area (Å²) in [6.45, 7) is 0.712.